The van der Waals surface area contributed by atoms with E-state index in [2.05, 4.69) is 65.5 Å². The maximum atomic E-state index is 4.54. The fourth-order valence-electron chi connectivity index (χ4n) is 3.19. The largest absolute Gasteiger partial charge is 0.306 e. The Bertz CT molecular complexity index is 773. The summed E-state index contributed by atoms with van der Waals surface area (Å²) in [7, 11) is 2.17. The van der Waals surface area contributed by atoms with Crippen LogP contribution in [0.3, 0.4) is 0 Å². The lowest BCUT2D eigenvalue weighted by Gasteiger charge is -2.14. The van der Waals surface area contributed by atoms with Crippen LogP contribution < -0.4 is 0 Å². The van der Waals surface area contributed by atoms with Crippen molar-refractivity contribution in [3.63, 3.8) is 0 Å². The number of likely N-dealkylation sites (tertiary alicyclic amines) is 1. The number of hydrogen-bond donors (Lipinski definition) is 0. The normalized spacial score (nSPS) is 17.9. The third-order valence-electron chi connectivity index (χ3n) is 4.76. The number of nitrogens with zero attached hydrogens (tertiary/aromatic N) is 3. The minimum absolute atomic E-state index is 1.03. The molecule has 0 amide bonds. The monoisotopic (exact) mass is 321 g/mol. The van der Waals surface area contributed by atoms with Crippen LogP contribution >= 0.6 is 0 Å². The summed E-state index contributed by atoms with van der Waals surface area (Å²) in [4.78, 5) is 6.90. The van der Waals surface area contributed by atoms with E-state index in [-0.39, 0.29) is 0 Å². The number of aromatic nitrogens is 2. The van der Waals surface area contributed by atoms with Gasteiger partial charge in [0.25, 0.3) is 0 Å². The predicted molar refractivity (Wildman–Crippen MR) is 104 cm³/mol. The molecular formula is C21H27N3. The Morgan fingerprint density at radius 2 is 1.96 bits per heavy atom. The maximum Gasteiger partial charge on any atom is 0.144 e. The molecule has 1 saturated heterocycles. The van der Waals surface area contributed by atoms with Gasteiger partial charge in [0, 0.05) is 23.5 Å². The van der Waals surface area contributed by atoms with Crippen molar-refractivity contribution in [1.82, 2.24) is 14.5 Å². The standard InChI is InChI=1S/C16H16N2.C5H11N/c1-3-13-10-14-8-9-18(16(14)17-11-13)15-6-4-12(2)5-7-15;1-6-4-2-3-5-6/h3-4,6,8-11H,1,5,7H2,2H3;2-5H2,1H3. The van der Waals surface area contributed by atoms with Gasteiger partial charge in [-0.15, -0.1) is 0 Å². The molecule has 4 rings (SSSR count). The summed E-state index contributed by atoms with van der Waals surface area (Å²) in [6, 6.07) is 4.23. The van der Waals surface area contributed by atoms with E-state index in [1.807, 2.05) is 12.3 Å². The number of fused-ring (bicyclic) bond motifs is 1. The summed E-state index contributed by atoms with van der Waals surface area (Å²) in [5, 5.41) is 1.17. The Balaban J connectivity index is 0.000000238. The Labute approximate surface area is 145 Å². The van der Waals surface area contributed by atoms with E-state index in [0.29, 0.717) is 0 Å². The third kappa shape index (κ3) is 3.85. The molecule has 1 aliphatic heterocycles. The Hall–Kier alpha value is -2.13. The minimum Gasteiger partial charge on any atom is -0.306 e. The van der Waals surface area contributed by atoms with Crippen LogP contribution in [-0.2, 0) is 0 Å². The van der Waals surface area contributed by atoms with Crippen LogP contribution in [0.15, 0.2) is 48.8 Å². The molecule has 3 nitrogen and oxygen atoms in total. The molecule has 1 aliphatic carbocycles. The Kier molecular flexibility index (Phi) is 5.31. The molecule has 126 valence electrons. The van der Waals surface area contributed by atoms with Crippen LogP contribution in [0, 0.1) is 0 Å². The minimum atomic E-state index is 1.03. The molecule has 3 heteroatoms. The summed E-state index contributed by atoms with van der Waals surface area (Å²) < 4.78 is 2.19. The third-order valence-corrected chi connectivity index (χ3v) is 4.76. The van der Waals surface area contributed by atoms with Gasteiger partial charge in [-0.25, -0.2) is 4.98 Å². The summed E-state index contributed by atoms with van der Waals surface area (Å²) in [5.74, 6) is 0. The molecule has 0 unspecified atom stereocenters. The summed E-state index contributed by atoms with van der Waals surface area (Å²) in [5.41, 5.74) is 4.85. The number of allylic oxidation sites excluding steroid dienone is 4. The van der Waals surface area contributed by atoms with Gasteiger partial charge in [-0.3, -0.25) is 0 Å². The zero-order valence-corrected chi connectivity index (χ0v) is 14.8. The molecule has 0 aromatic carbocycles. The predicted octanol–water partition coefficient (Wildman–Crippen LogP) is 4.97. The fourth-order valence-corrected chi connectivity index (χ4v) is 3.19. The van der Waals surface area contributed by atoms with E-state index in [1.165, 1.54) is 42.6 Å². The van der Waals surface area contributed by atoms with E-state index >= 15 is 0 Å². The average Bonchev–Trinajstić information content (AvgIpc) is 3.24. The summed E-state index contributed by atoms with van der Waals surface area (Å²) in [6.07, 6.45) is 15.2. The highest BCUT2D eigenvalue weighted by Gasteiger charge is 2.09. The molecule has 0 spiro atoms. The van der Waals surface area contributed by atoms with Crippen molar-refractivity contribution in [2.75, 3.05) is 20.1 Å². The number of hydrogen-bond acceptors (Lipinski definition) is 2. The molecule has 2 aromatic rings. The molecule has 0 atom stereocenters. The lowest BCUT2D eigenvalue weighted by Crippen LogP contribution is -2.10. The van der Waals surface area contributed by atoms with Gasteiger partial charge in [-0.2, -0.15) is 0 Å². The molecule has 2 aliphatic rings. The van der Waals surface area contributed by atoms with E-state index in [1.54, 1.807) is 0 Å². The van der Waals surface area contributed by atoms with Gasteiger partial charge in [-0.05, 0) is 76.5 Å². The van der Waals surface area contributed by atoms with Gasteiger partial charge in [0.05, 0.1) is 0 Å². The van der Waals surface area contributed by atoms with Gasteiger partial charge in [-0.1, -0.05) is 24.3 Å². The van der Waals surface area contributed by atoms with Gasteiger partial charge >= 0.3 is 0 Å². The van der Waals surface area contributed by atoms with Crippen molar-refractivity contribution in [2.45, 2.75) is 32.6 Å². The first-order valence-electron chi connectivity index (χ1n) is 8.82. The highest BCUT2D eigenvalue weighted by atomic mass is 15.1. The molecule has 1 fully saturated rings. The van der Waals surface area contributed by atoms with Gasteiger partial charge in [0.15, 0.2) is 0 Å². The molecule has 24 heavy (non-hydrogen) atoms. The van der Waals surface area contributed by atoms with Gasteiger partial charge < -0.3 is 9.47 Å². The first kappa shape index (κ1) is 16.7. The highest BCUT2D eigenvalue weighted by molar-refractivity contribution is 5.82. The fraction of sp³-hybridized carbons (Fsp3) is 0.381. The zero-order valence-electron chi connectivity index (χ0n) is 14.8. The lowest BCUT2D eigenvalue weighted by molar-refractivity contribution is 0.418. The second-order valence-corrected chi connectivity index (χ2v) is 6.75. The van der Waals surface area contributed by atoms with Gasteiger partial charge in [0.1, 0.15) is 5.65 Å². The van der Waals surface area contributed by atoms with Crippen molar-refractivity contribution in [3.8, 4) is 0 Å². The van der Waals surface area contributed by atoms with Crippen molar-refractivity contribution in [2.24, 2.45) is 0 Å². The first-order chi connectivity index (χ1) is 11.7. The smallest absolute Gasteiger partial charge is 0.144 e. The number of rotatable bonds is 2. The average molecular weight is 321 g/mol. The SMILES string of the molecule is C=Cc1cnc2c(ccn2C2=CC=C(C)CC2)c1.CN1CCCC1. The van der Waals surface area contributed by atoms with E-state index in [0.717, 1.165) is 24.1 Å². The molecule has 3 heterocycles. The van der Waals surface area contributed by atoms with Crippen molar-refractivity contribution < 1.29 is 0 Å². The van der Waals surface area contributed by atoms with Crippen molar-refractivity contribution >= 4 is 22.8 Å². The van der Waals surface area contributed by atoms with E-state index in [4.69, 9.17) is 0 Å². The van der Waals surface area contributed by atoms with Gasteiger partial charge in [0.2, 0.25) is 0 Å². The second kappa shape index (κ2) is 7.63. The Morgan fingerprint density at radius 1 is 1.17 bits per heavy atom. The highest BCUT2D eigenvalue weighted by Crippen LogP contribution is 2.26. The van der Waals surface area contributed by atoms with E-state index < -0.39 is 0 Å². The van der Waals surface area contributed by atoms with Crippen LogP contribution in [0.5, 0.6) is 0 Å². The van der Waals surface area contributed by atoms with Crippen LogP contribution in [0.25, 0.3) is 22.8 Å². The van der Waals surface area contributed by atoms with Crippen LogP contribution in [-0.4, -0.2) is 34.6 Å². The van der Waals surface area contributed by atoms with E-state index in [9.17, 15) is 0 Å². The molecule has 0 radical (unpaired) electrons. The summed E-state index contributed by atoms with van der Waals surface area (Å²) in [6.45, 7) is 8.59. The molecule has 0 N–H and O–H groups in total. The summed E-state index contributed by atoms with van der Waals surface area (Å²) >= 11 is 0. The molecule has 0 saturated carbocycles. The topological polar surface area (TPSA) is 21.1 Å². The van der Waals surface area contributed by atoms with Crippen LogP contribution in [0.4, 0.5) is 0 Å². The number of pyridine rings is 1. The second-order valence-electron chi connectivity index (χ2n) is 6.75. The Morgan fingerprint density at radius 3 is 2.54 bits per heavy atom. The maximum absolute atomic E-state index is 4.54. The van der Waals surface area contributed by atoms with Crippen molar-refractivity contribution in [1.29, 1.82) is 0 Å². The zero-order chi connectivity index (χ0) is 16.9. The van der Waals surface area contributed by atoms with Crippen LogP contribution in [0.1, 0.15) is 38.2 Å². The van der Waals surface area contributed by atoms with Crippen molar-refractivity contribution in [3.05, 3.63) is 54.4 Å². The lowest BCUT2D eigenvalue weighted by atomic mass is 10.0. The molecular weight excluding hydrogens is 294 g/mol. The van der Waals surface area contributed by atoms with Crippen LogP contribution in [0.2, 0.25) is 0 Å². The quantitative estimate of drug-likeness (QED) is 0.778. The molecule has 2 aromatic heterocycles. The molecule has 0 bridgehead atoms. The first-order valence-corrected chi connectivity index (χ1v) is 8.82.